The molecule has 3 aromatic rings. The van der Waals surface area contributed by atoms with Crippen LogP contribution in [0, 0.1) is 5.82 Å². The number of nitrogens with zero attached hydrogens (tertiary/aromatic N) is 1. The summed E-state index contributed by atoms with van der Waals surface area (Å²) >= 11 is 1.59. The van der Waals surface area contributed by atoms with Crippen molar-refractivity contribution in [1.82, 2.24) is 9.88 Å². The summed E-state index contributed by atoms with van der Waals surface area (Å²) in [4.78, 5) is 13.3. The summed E-state index contributed by atoms with van der Waals surface area (Å²) in [5.74, 6) is -0.507. The van der Waals surface area contributed by atoms with Crippen molar-refractivity contribution < 1.29 is 9.18 Å². The molecule has 2 aromatic heterocycles. The minimum Gasteiger partial charge on any atom is -0.346 e. The van der Waals surface area contributed by atoms with Crippen molar-refractivity contribution in [3.05, 3.63) is 58.2 Å². The Hall–Kier alpha value is -2.14. The molecule has 0 bridgehead atoms. The Morgan fingerprint density at radius 2 is 2.20 bits per heavy atom. The highest BCUT2D eigenvalue weighted by Gasteiger charge is 2.15. The minimum absolute atomic E-state index is 0.198. The lowest BCUT2D eigenvalue weighted by Crippen LogP contribution is -2.24. The molecule has 0 aliphatic heterocycles. The molecule has 1 N–H and O–H groups in total. The van der Waals surface area contributed by atoms with Gasteiger partial charge in [-0.2, -0.15) is 0 Å². The SMILES string of the molecule is Cn1c(C(=O)NCc2cccs2)cc2c(F)cccc21. The van der Waals surface area contributed by atoms with Crippen LogP contribution >= 0.6 is 11.3 Å². The monoisotopic (exact) mass is 288 g/mol. The van der Waals surface area contributed by atoms with Gasteiger partial charge in [-0.15, -0.1) is 11.3 Å². The molecule has 102 valence electrons. The third kappa shape index (κ3) is 2.20. The molecule has 5 heteroatoms. The van der Waals surface area contributed by atoms with E-state index in [-0.39, 0.29) is 11.7 Å². The average molecular weight is 288 g/mol. The number of aromatic nitrogens is 1. The van der Waals surface area contributed by atoms with E-state index < -0.39 is 0 Å². The van der Waals surface area contributed by atoms with Crippen molar-refractivity contribution in [2.75, 3.05) is 0 Å². The normalized spacial score (nSPS) is 10.9. The molecule has 0 atom stereocenters. The number of carbonyl (C=O) groups excluding carboxylic acids is 1. The van der Waals surface area contributed by atoms with E-state index in [1.807, 2.05) is 17.5 Å². The number of hydrogen-bond donors (Lipinski definition) is 1. The minimum atomic E-state index is -0.310. The molecule has 0 aliphatic rings. The molecule has 0 aliphatic carbocycles. The van der Waals surface area contributed by atoms with Crippen LogP contribution in [0.1, 0.15) is 15.4 Å². The Kier molecular flexibility index (Phi) is 3.28. The largest absolute Gasteiger partial charge is 0.346 e. The van der Waals surface area contributed by atoms with Crippen LogP contribution in [0.25, 0.3) is 10.9 Å². The zero-order valence-electron chi connectivity index (χ0n) is 10.9. The summed E-state index contributed by atoms with van der Waals surface area (Å²) in [6, 6.07) is 10.3. The molecule has 0 fully saturated rings. The number of aryl methyl sites for hydroxylation is 1. The first-order chi connectivity index (χ1) is 9.66. The van der Waals surface area contributed by atoms with Crippen molar-refractivity contribution in [2.45, 2.75) is 6.54 Å². The summed E-state index contributed by atoms with van der Waals surface area (Å²) in [5, 5.41) is 5.29. The van der Waals surface area contributed by atoms with E-state index in [1.165, 1.54) is 6.07 Å². The fraction of sp³-hybridized carbons (Fsp3) is 0.133. The van der Waals surface area contributed by atoms with Gasteiger partial charge in [-0.3, -0.25) is 4.79 Å². The predicted octanol–water partition coefficient (Wildman–Crippen LogP) is 3.31. The van der Waals surface area contributed by atoms with Crippen molar-refractivity contribution >= 4 is 28.1 Å². The lowest BCUT2D eigenvalue weighted by atomic mass is 10.2. The molecule has 20 heavy (non-hydrogen) atoms. The Balaban J connectivity index is 1.88. The maximum absolute atomic E-state index is 13.7. The summed E-state index contributed by atoms with van der Waals surface area (Å²) in [6.07, 6.45) is 0. The van der Waals surface area contributed by atoms with Gasteiger partial charge in [0.25, 0.3) is 5.91 Å². The van der Waals surface area contributed by atoms with Gasteiger partial charge in [-0.1, -0.05) is 12.1 Å². The quantitative estimate of drug-likeness (QED) is 0.788. The van der Waals surface area contributed by atoms with Crippen LogP contribution in [0.2, 0.25) is 0 Å². The lowest BCUT2D eigenvalue weighted by molar-refractivity contribution is 0.0943. The number of nitrogens with one attached hydrogen (secondary N) is 1. The Morgan fingerprint density at radius 1 is 1.35 bits per heavy atom. The third-order valence-corrected chi connectivity index (χ3v) is 4.15. The standard InChI is InChI=1S/C15H13FN2OS/c1-18-13-6-2-5-12(16)11(13)8-14(18)15(19)17-9-10-4-3-7-20-10/h2-8H,9H2,1H3,(H,17,19). The van der Waals surface area contributed by atoms with Gasteiger partial charge in [-0.05, 0) is 29.6 Å². The molecular weight excluding hydrogens is 275 g/mol. The second-order valence-electron chi connectivity index (χ2n) is 4.52. The van der Waals surface area contributed by atoms with Gasteiger partial charge in [0, 0.05) is 17.3 Å². The second-order valence-corrected chi connectivity index (χ2v) is 5.56. The summed E-state index contributed by atoms with van der Waals surface area (Å²) < 4.78 is 15.4. The smallest absolute Gasteiger partial charge is 0.268 e. The van der Waals surface area contributed by atoms with Gasteiger partial charge in [0.15, 0.2) is 0 Å². The molecule has 2 heterocycles. The number of hydrogen-bond acceptors (Lipinski definition) is 2. The van der Waals surface area contributed by atoms with Crippen LogP contribution in [0.3, 0.4) is 0 Å². The van der Waals surface area contributed by atoms with Gasteiger partial charge in [0.1, 0.15) is 11.5 Å². The van der Waals surface area contributed by atoms with Crippen LogP contribution in [0.4, 0.5) is 4.39 Å². The van der Waals surface area contributed by atoms with Crippen molar-refractivity contribution in [3.63, 3.8) is 0 Å². The number of amides is 1. The molecule has 0 unspecified atom stereocenters. The highest BCUT2D eigenvalue weighted by atomic mass is 32.1. The van der Waals surface area contributed by atoms with E-state index in [1.54, 1.807) is 41.2 Å². The third-order valence-electron chi connectivity index (χ3n) is 3.27. The van der Waals surface area contributed by atoms with Crippen molar-refractivity contribution in [1.29, 1.82) is 0 Å². The first-order valence-corrected chi connectivity index (χ1v) is 7.09. The van der Waals surface area contributed by atoms with Gasteiger partial charge >= 0.3 is 0 Å². The fourth-order valence-corrected chi connectivity index (χ4v) is 2.86. The molecule has 1 aromatic carbocycles. The van der Waals surface area contributed by atoms with E-state index in [9.17, 15) is 9.18 Å². The number of halogens is 1. The van der Waals surface area contributed by atoms with Crippen molar-refractivity contribution in [2.24, 2.45) is 7.05 Å². The Labute approximate surface area is 119 Å². The summed E-state index contributed by atoms with van der Waals surface area (Å²) in [5.41, 5.74) is 1.17. The average Bonchev–Trinajstić information content (AvgIpc) is 3.06. The van der Waals surface area contributed by atoms with Gasteiger partial charge in [0.05, 0.1) is 12.1 Å². The molecule has 0 saturated heterocycles. The fourth-order valence-electron chi connectivity index (χ4n) is 2.21. The number of thiophene rings is 1. The molecule has 0 radical (unpaired) electrons. The Bertz CT molecular complexity index is 762. The number of fused-ring (bicyclic) bond motifs is 1. The van der Waals surface area contributed by atoms with E-state index in [4.69, 9.17) is 0 Å². The number of benzene rings is 1. The van der Waals surface area contributed by atoms with Crippen LogP contribution in [0.15, 0.2) is 41.8 Å². The first-order valence-electron chi connectivity index (χ1n) is 6.21. The zero-order chi connectivity index (χ0) is 14.1. The molecule has 0 saturated carbocycles. The first kappa shape index (κ1) is 12.9. The molecule has 1 amide bonds. The highest BCUT2D eigenvalue weighted by Crippen LogP contribution is 2.21. The van der Waals surface area contributed by atoms with Crippen LogP contribution < -0.4 is 5.32 Å². The summed E-state index contributed by atoms with van der Waals surface area (Å²) in [6.45, 7) is 0.487. The van der Waals surface area contributed by atoms with E-state index in [0.717, 1.165) is 4.88 Å². The second kappa shape index (κ2) is 5.09. The lowest BCUT2D eigenvalue weighted by Gasteiger charge is -2.05. The highest BCUT2D eigenvalue weighted by molar-refractivity contribution is 7.09. The van der Waals surface area contributed by atoms with Crippen LogP contribution in [-0.4, -0.2) is 10.5 Å². The molecule has 3 nitrogen and oxygen atoms in total. The van der Waals surface area contributed by atoms with Crippen LogP contribution in [0.5, 0.6) is 0 Å². The predicted molar refractivity (Wildman–Crippen MR) is 78.4 cm³/mol. The maximum Gasteiger partial charge on any atom is 0.268 e. The topological polar surface area (TPSA) is 34.0 Å². The van der Waals surface area contributed by atoms with Gasteiger partial charge in [0.2, 0.25) is 0 Å². The van der Waals surface area contributed by atoms with E-state index in [0.29, 0.717) is 23.1 Å². The number of rotatable bonds is 3. The maximum atomic E-state index is 13.7. The Morgan fingerprint density at radius 3 is 2.90 bits per heavy atom. The van der Waals surface area contributed by atoms with E-state index >= 15 is 0 Å². The molecule has 0 spiro atoms. The number of carbonyl (C=O) groups is 1. The van der Waals surface area contributed by atoms with E-state index in [2.05, 4.69) is 5.32 Å². The van der Waals surface area contributed by atoms with Gasteiger partial charge in [-0.25, -0.2) is 4.39 Å². The van der Waals surface area contributed by atoms with Crippen molar-refractivity contribution in [3.8, 4) is 0 Å². The summed E-state index contributed by atoms with van der Waals surface area (Å²) in [7, 11) is 1.77. The molecule has 3 rings (SSSR count). The van der Waals surface area contributed by atoms with Gasteiger partial charge < -0.3 is 9.88 Å². The zero-order valence-corrected chi connectivity index (χ0v) is 11.7. The van der Waals surface area contributed by atoms with Crippen LogP contribution in [-0.2, 0) is 13.6 Å². The molecular formula is C15H13FN2OS.